The number of hydrogen-bond donors (Lipinski definition) is 9. The number of aryl methyl sites for hydroxylation is 1. The lowest BCUT2D eigenvalue weighted by molar-refractivity contribution is -0.321. The minimum absolute atomic E-state index is 0.0108. The first-order chi connectivity index (χ1) is 46.1. The van der Waals surface area contributed by atoms with Gasteiger partial charge in [-0.3, -0.25) is 9.59 Å². The van der Waals surface area contributed by atoms with E-state index in [0.29, 0.717) is 132 Å². The number of aliphatic hydroxyl groups excluding tert-OH is 5. The Balaban J connectivity index is 0.827. The molecule has 0 aromatic heterocycles. The van der Waals surface area contributed by atoms with Crippen molar-refractivity contribution in [3.05, 3.63) is 71.4 Å². The molecule has 520 valence electrons. The largest absolute Gasteiger partial charge is 0.508 e. The van der Waals surface area contributed by atoms with Crippen LogP contribution in [0, 0.1) is 115 Å². The summed E-state index contributed by atoms with van der Waals surface area (Å²) < 4.78 is 21.0. The zero-order chi connectivity index (χ0) is 66.3. The van der Waals surface area contributed by atoms with Gasteiger partial charge in [0.05, 0.1) is 54.1 Å². The summed E-state index contributed by atoms with van der Waals surface area (Å²) in [6, 6.07) is 5.50. The molecule has 27 atom stereocenters. The molecule has 96 heavy (non-hydrogen) atoms. The van der Waals surface area contributed by atoms with E-state index in [1.807, 2.05) is 17.0 Å². The van der Waals surface area contributed by atoms with Crippen molar-refractivity contribution in [1.82, 2.24) is 5.32 Å². The molecule has 13 bridgehead atoms. The van der Waals surface area contributed by atoms with Gasteiger partial charge in [0.25, 0.3) is 0 Å². The van der Waals surface area contributed by atoms with Crippen molar-refractivity contribution in [2.45, 2.75) is 233 Å². The van der Waals surface area contributed by atoms with E-state index in [0.717, 1.165) is 56.1 Å². The molecule has 0 radical (unpaired) electrons. The van der Waals surface area contributed by atoms with Crippen LogP contribution in [0.25, 0.3) is 0 Å². The Labute approximate surface area is 574 Å². The Bertz CT molecular complexity index is 3600. The van der Waals surface area contributed by atoms with Crippen LogP contribution in [0.15, 0.2) is 65.8 Å². The summed E-state index contributed by atoms with van der Waals surface area (Å²) in [4.78, 5) is 36.1. The number of hydrogen-bond acceptors (Lipinski definition) is 16. The SMILES string of the molecule is CC(C)C(C)C1OC1C1(O)CC=CC23CCOC45CCC1C24CCc1cc(O)cc(c1)N1CC2(CC4C#CCC6CCC7(C6)NC(CC6C=C8C=CCOC8CC67)C4C2O)C2(C1=O)C(CO)CCCC2CSSC(O)C12CC(O)C(O)(CO)C4(CCCC4)C1(C)C(C3)C5=CC2=O. The van der Waals surface area contributed by atoms with Crippen LogP contribution in [0.5, 0.6) is 5.75 Å². The van der Waals surface area contributed by atoms with Gasteiger partial charge >= 0.3 is 0 Å². The number of aliphatic hydroxyl groups is 7. The molecule has 9 aliphatic heterocycles. The number of allylic oxidation sites excluding steroid dienone is 3. The van der Waals surface area contributed by atoms with Crippen LogP contribution in [0.4, 0.5) is 5.69 Å². The molecule has 27 unspecified atom stereocenters. The first-order valence-corrected chi connectivity index (χ1v) is 40.1. The molecular weight excluding hydrogens is 1250 g/mol. The Kier molecular flexibility index (Phi) is 14.9. The quantitative estimate of drug-likeness (QED) is 0.0577. The normalized spacial score (nSPS) is 52.4. The lowest BCUT2D eigenvalue weighted by Gasteiger charge is -2.76. The summed E-state index contributed by atoms with van der Waals surface area (Å²) in [5, 5.41) is 110. The lowest BCUT2D eigenvalue weighted by atomic mass is 9.29. The smallest absolute Gasteiger partial charge is 0.234 e. The second-order valence-corrected chi connectivity index (χ2v) is 37.9. The van der Waals surface area contributed by atoms with Crippen molar-refractivity contribution in [2.75, 3.05) is 43.6 Å². The number of epoxide rings is 1. The summed E-state index contributed by atoms with van der Waals surface area (Å²) in [5.74, 6) is 6.49. The molecule has 11 fully saturated rings. The number of rotatable bonds is 5. The molecule has 6 spiro atoms. The minimum Gasteiger partial charge on any atom is -0.508 e. The van der Waals surface area contributed by atoms with E-state index in [4.69, 9.17) is 14.2 Å². The van der Waals surface area contributed by atoms with Crippen LogP contribution in [0.3, 0.4) is 0 Å². The molecule has 9 N–H and O–H groups in total. The molecule has 17 heteroatoms. The van der Waals surface area contributed by atoms with Crippen LogP contribution in [-0.4, -0.2) is 156 Å². The van der Waals surface area contributed by atoms with Crippen molar-refractivity contribution < 1.29 is 64.7 Å². The van der Waals surface area contributed by atoms with E-state index in [-0.39, 0.29) is 84.5 Å². The number of anilines is 1. The second kappa shape index (κ2) is 22.0. The average Bonchev–Trinajstić information content (AvgIpc) is 1.15. The van der Waals surface area contributed by atoms with Crippen LogP contribution >= 0.6 is 21.6 Å². The first kappa shape index (κ1) is 65.0. The predicted molar refractivity (Wildman–Crippen MR) is 365 cm³/mol. The van der Waals surface area contributed by atoms with Crippen molar-refractivity contribution >= 4 is 39.0 Å². The Morgan fingerprint density at radius 1 is 0.906 bits per heavy atom. The molecule has 15 nitrogen and oxygen atoms in total. The fourth-order valence-corrected chi connectivity index (χ4v) is 31.6. The van der Waals surface area contributed by atoms with E-state index in [1.165, 1.54) is 27.2 Å². The van der Waals surface area contributed by atoms with Gasteiger partial charge < -0.3 is 65.3 Å². The minimum atomic E-state index is -2.03. The van der Waals surface area contributed by atoms with E-state index in [2.05, 4.69) is 81.3 Å². The highest BCUT2D eigenvalue weighted by Gasteiger charge is 2.87. The van der Waals surface area contributed by atoms with Gasteiger partial charge in [-0.25, -0.2) is 0 Å². The van der Waals surface area contributed by atoms with Crippen molar-refractivity contribution in [1.29, 1.82) is 0 Å². The molecule has 19 aliphatic rings. The number of benzene rings is 1. The number of carbonyl (C=O) groups excluding carboxylic acids is 2. The summed E-state index contributed by atoms with van der Waals surface area (Å²) >= 11 is 0. The number of nitrogens with zero attached hydrogens (tertiary/aromatic N) is 1. The van der Waals surface area contributed by atoms with E-state index < -0.39 is 109 Å². The van der Waals surface area contributed by atoms with Gasteiger partial charge in [-0.1, -0.05) is 105 Å². The maximum Gasteiger partial charge on any atom is 0.234 e. The van der Waals surface area contributed by atoms with Gasteiger partial charge in [-0.05, 0) is 203 Å². The van der Waals surface area contributed by atoms with E-state index in [9.17, 15) is 40.9 Å². The number of piperidine rings is 1. The highest BCUT2D eigenvalue weighted by atomic mass is 33.1. The monoisotopic (exact) mass is 1350 g/mol. The topological polar surface area (TPSA) is 242 Å². The molecule has 9 heterocycles. The van der Waals surface area contributed by atoms with Crippen LogP contribution < -0.4 is 10.2 Å². The van der Waals surface area contributed by atoms with Crippen molar-refractivity contribution in [3.8, 4) is 17.6 Å². The van der Waals surface area contributed by atoms with E-state index >= 15 is 9.59 Å². The Morgan fingerprint density at radius 3 is 2.54 bits per heavy atom. The number of aromatic hydroxyl groups is 1. The van der Waals surface area contributed by atoms with Gasteiger partial charge in [0.1, 0.15) is 28.5 Å². The van der Waals surface area contributed by atoms with Gasteiger partial charge in [0, 0.05) is 94.7 Å². The molecule has 20 rings (SSSR count). The summed E-state index contributed by atoms with van der Waals surface area (Å²) in [5.41, 5.74) is -11.0. The molecule has 7 saturated carbocycles. The molecular formula is C79H104N2O13S2. The predicted octanol–water partition coefficient (Wildman–Crippen LogP) is 9.45. The number of fused-ring (bicyclic) bond motifs is 7. The highest BCUT2D eigenvalue weighted by Crippen LogP contribution is 2.85. The standard InChI is InChI=1S/C79H104N2O13S2/c1-44(2)45(3)64-66(94-64)75(90)22-10-19-70-26-28-93-78-25-18-60(75)76(70,78)24-17-47-29-53(33-54(84)30-47)81-42-71(37-49-12-7-11-46-16-23-72(36-46)55-34-59-48(13-9-27-92-59)31-50(55)32-58(80-72)63(49)65(71)87)79(67(81)88)51(40-82)14-8-15-52(79)41-95-96-68(89)74-39-62(86)77(91,43-83)73(20-5-6-21-73)69(74,4)57(38-70)56(78)35-61(74)85/h9-10,13,19,29-31,33,35,44-46,49-52,55,57-60,62-66,68,80,82-84,86-87,89-91H,5-6,8,11,14-18,20-28,32,34,36-43H2,1-4H3. The summed E-state index contributed by atoms with van der Waals surface area (Å²) in [6.07, 6.45) is 23.5. The molecule has 1 aromatic carbocycles. The fraction of sp³-hybridized carbons (Fsp3) is 0.772. The third kappa shape index (κ3) is 7.86. The summed E-state index contributed by atoms with van der Waals surface area (Å²) in [6.45, 7) is 8.92. The molecule has 1 aromatic rings. The number of phenols is 1. The number of carbonyl (C=O) groups is 2. The average molecular weight is 1350 g/mol. The van der Waals surface area contributed by atoms with Crippen molar-refractivity contribution in [2.24, 2.45) is 103 Å². The van der Waals surface area contributed by atoms with Gasteiger partial charge in [0.15, 0.2) is 5.78 Å². The third-order valence-electron chi connectivity index (χ3n) is 32.7. The Morgan fingerprint density at radius 2 is 1.74 bits per heavy atom. The zero-order valence-corrected chi connectivity index (χ0v) is 58.4. The summed E-state index contributed by atoms with van der Waals surface area (Å²) in [7, 11) is 2.66. The fourth-order valence-electron chi connectivity index (χ4n) is 28.6. The van der Waals surface area contributed by atoms with Crippen molar-refractivity contribution in [3.63, 3.8) is 0 Å². The molecule has 1 amide bonds. The number of phenolic OH excluding ortho intramolecular Hbond substituents is 1. The van der Waals surface area contributed by atoms with Crippen LogP contribution in [0.1, 0.15) is 168 Å². The molecule has 10 aliphatic carbocycles. The third-order valence-corrected chi connectivity index (χ3v) is 35.3. The number of ether oxygens (including phenoxy) is 3. The Hall–Kier alpha value is -3.06. The lowest BCUT2D eigenvalue weighted by Crippen LogP contribution is -2.81. The maximum atomic E-state index is 17.3. The first-order valence-electron chi connectivity index (χ1n) is 37.7. The van der Waals surface area contributed by atoms with E-state index in [1.54, 1.807) is 6.07 Å². The zero-order valence-electron chi connectivity index (χ0n) is 56.8. The number of amides is 1. The number of nitrogens with one attached hydrogen (secondary N) is 1. The molecule has 4 saturated heterocycles. The second-order valence-electron chi connectivity index (χ2n) is 35.4. The number of ketones is 1. The maximum absolute atomic E-state index is 17.3. The van der Waals surface area contributed by atoms with Gasteiger partial charge in [-0.2, -0.15) is 0 Å². The highest BCUT2D eigenvalue weighted by molar-refractivity contribution is 8.76. The van der Waals surface area contributed by atoms with Gasteiger partial charge in [-0.15, -0.1) is 5.92 Å². The van der Waals surface area contributed by atoms with Gasteiger partial charge in [0.2, 0.25) is 5.91 Å². The van der Waals surface area contributed by atoms with Crippen LogP contribution in [0.2, 0.25) is 0 Å². The van der Waals surface area contributed by atoms with Crippen LogP contribution in [-0.2, 0) is 30.2 Å².